The Balaban J connectivity index is 2.56. The van der Waals surface area contributed by atoms with Crippen LogP contribution >= 0.6 is 0 Å². The topological polar surface area (TPSA) is 66.7 Å². The Hall–Kier alpha value is -1.29. The summed E-state index contributed by atoms with van der Waals surface area (Å²) in [6.07, 6.45) is 5.61. The van der Waals surface area contributed by atoms with Crippen LogP contribution in [-0.2, 0) is 0 Å². The second-order valence-corrected chi connectivity index (χ2v) is 2.20. The van der Waals surface area contributed by atoms with Gasteiger partial charge in [0, 0.05) is 12.1 Å². The maximum absolute atomic E-state index is 5.53. The molecule has 0 aliphatic rings. The van der Waals surface area contributed by atoms with Gasteiger partial charge >= 0.3 is 0 Å². The van der Waals surface area contributed by atoms with E-state index in [1.165, 1.54) is 0 Å². The summed E-state index contributed by atoms with van der Waals surface area (Å²) in [7, 11) is 1.89. The average Bonchev–Trinajstić information content (AvgIpc) is 2.37. The van der Waals surface area contributed by atoms with Crippen molar-refractivity contribution in [3.63, 3.8) is 0 Å². The van der Waals surface area contributed by atoms with Gasteiger partial charge in [-0.25, -0.2) is 0 Å². The molecular weight excluding hydrogens is 140 g/mol. The van der Waals surface area contributed by atoms with Crippen LogP contribution in [0.1, 0.15) is 5.56 Å². The van der Waals surface area contributed by atoms with Crippen LogP contribution in [0.3, 0.4) is 0 Å². The van der Waals surface area contributed by atoms with E-state index >= 15 is 0 Å². The van der Waals surface area contributed by atoms with E-state index in [0.29, 0.717) is 5.82 Å². The molecule has 0 aliphatic heterocycles. The lowest BCUT2D eigenvalue weighted by Gasteiger charge is -1.88. The Kier molecular flexibility index (Phi) is 2.68. The van der Waals surface area contributed by atoms with Crippen molar-refractivity contribution in [3.05, 3.63) is 17.8 Å². The smallest absolute Gasteiger partial charge is 0.126 e. The third-order valence-electron chi connectivity index (χ3n) is 1.32. The highest BCUT2D eigenvalue weighted by Crippen LogP contribution is 2.06. The summed E-state index contributed by atoms with van der Waals surface area (Å²) in [6.45, 7) is 0.838. The first-order chi connectivity index (χ1) is 5.34. The highest BCUT2D eigenvalue weighted by molar-refractivity contribution is 5.59. The quantitative estimate of drug-likeness (QED) is 0.580. The Morgan fingerprint density at radius 2 is 2.64 bits per heavy atom. The molecule has 4 N–H and O–H groups in total. The van der Waals surface area contributed by atoms with Gasteiger partial charge in [-0.2, -0.15) is 5.10 Å². The largest absolute Gasteiger partial charge is 0.384 e. The van der Waals surface area contributed by atoms with Crippen LogP contribution in [0.2, 0.25) is 0 Å². The number of aromatic nitrogens is 2. The lowest BCUT2D eigenvalue weighted by atomic mass is 10.3. The number of nitrogens with one attached hydrogen (secondary N) is 2. The number of likely N-dealkylation sites (N-methyl/N-ethyl adjacent to an activating group) is 1. The van der Waals surface area contributed by atoms with Gasteiger partial charge in [-0.05, 0) is 7.05 Å². The van der Waals surface area contributed by atoms with Gasteiger partial charge in [0.05, 0.1) is 6.20 Å². The third-order valence-corrected chi connectivity index (χ3v) is 1.32. The van der Waals surface area contributed by atoms with Crippen molar-refractivity contribution >= 4 is 11.9 Å². The number of hydrogen-bond acceptors (Lipinski definition) is 3. The summed E-state index contributed by atoms with van der Waals surface area (Å²) < 4.78 is 0. The van der Waals surface area contributed by atoms with Gasteiger partial charge in [0.1, 0.15) is 5.82 Å². The number of rotatable bonds is 3. The SMILES string of the molecule is CNCC=Cc1cn[nH]c1N. The first-order valence-electron chi connectivity index (χ1n) is 3.44. The van der Waals surface area contributed by atoms with Crippen molar-refractivity contribution in [1.82, 2.24) is 15.5 Å². The highest BCUT2D eigenvalue weighted by atomic mass is 15.1. The van der Waals surface area contributed by atoms with Crippen LogP contribution in [0.5, 0.6) is 0 Å². The minimum Gasteiger partial charge on any atom is -0.384 e. The van der Waals surface area contributed by atoms with E-state index in [0.717, 1.165) is 12.1 Å². The molecular formula is C7H12N4. The van der Waals surface area contributed by atoms with E-state index in [1.54, 1.807) is 6.20 Å². The molecule has 0 radical (unpaired) electrons. The van der Waals surface area contributed by atoms with Crippen LogP contribution in [0.25, 0.3) is 6.08 Å². The van der Waals surface area contributed by atoms with E-state index < -0.39 is 0 Å². The maximum Gasteiger partial charge on any atom is 0.126 e. The first-order valence-corrected chi connectivity index (χ1v) is 3.44. The maximum atomic E-state index is 5.53. The zero-order valence-electron chi connectivity index (χ0n) is 6.46. The number of hydrogen-bond donors (Lipinski definition) is 3. The van der Waals surface area contributed by atoms with Crippen molar-refractivity contribution in [2.75, 3.05) is 19.3 Å². The molecule has 1 aromatic rings. The standard InChI is InChI=1S/C7H12N4/c1-9-4-2-3-6-5-10-11-7(6)8/h2-3,5,9H,4H2,1H3,(H3,8,10,11). The number of nitrogen functional groups attached to an aromatic ring is 1. The summed E-state index contributed by atoms with van der Waals surface area (Å²) in [5.41, 5.74) is 6.46. The van der Waals surface area contributed by atoms with E-state index in [1.807, 2.05) is 19.2 Å². The molecule has 0 fully saturated rings. The van der Waals surface area contributed by atoms with E-state index in [4.69, 9.17) is 5.73 Å². The lowest BCUT2D eigenvalue weighted by Crippen LogP contribution is -2.03. The summed E-state index contributed by atoms with van der Waals surface area (Å²) in [6, 6.07) is 0. The summed E-state index contributed by atoms with van der Waals surface area (Å²) >= 11 is 0. The van der Waals surface area contributed by atoms with Crippen LogP contribution in [0.4, 0.5) is 5.82 Å². The van der Waals surface area contributed by atoms with Crippen molar-refractivity contribution in [1.29, 1.82) is 0 Å². The Morgan fingerprint density at radius 3 is 3.18 bits per heavy atom. The average molecular weight is 152 g/mol. The zero-order valence-corrected chi connectivity index (χ0v) is 6.46. The highest BCUT2D eigenvalue weighted by Gasteiger charge is 1.93. The van der Waals surface area contributed by atoms with Gasteiger partial charge in [-0.3, -0.25) is 5.10 Å². The van der Waals surface area contributed by atoms with Gasteiger partial charge in [0.2, 0.25) is 0 Å². The molecule has 60 valence electrons. The van der Waals surface area contributed by atoms with Crippen molar-refractivity contribution in [2.24, 2.45) is 0 Å². The predicted molar refractivity (Wildman–Crippen MR) is 46.0 cm³/mol. The third kappa shape index (κ3) is 2.09. The minimum absolute atomic E-state index is 0.609. The van der Waals surface area contributed by atoms with Crippen LogP contribution < -0.4 is 11.1 Å². The van der Waals surface area contributed by atoms with Crippen molar-refractivity contribution in [3.8, 4) is 0 Å². The minimum atomic E-state index is 0.609. The van der Waals surface area contributed by atoms with E-state index in [-0.39, 0.29) is 0 Å². The number of aromatic amines is 1. The molecule has 0 saturated heterocycles. The fourth-order valence-electron chi connectivity index (χ4n) is 0.742. The summed E-state index contributed by atoms with van der Waals surface area (Å²) in [5, 5.41) is 9.42. The van der Waals surface area contributed by atoms with Gasteiger partial charge in [0.15, 0.2) is 0 Å². The summed E-state index contributed by atoms with van der Waals surface area (Å²) in [5.74, 6) is 0.609. The molecule has 1 rings (SSSR count). The van der Waals surface area contributed by atoms with Crippen LogP contribution in [0.15, 0.2) is 12.3 Å². The number of nitrogens with two attached hydrogens (primary N) is 1. The van der Waals surface area contributed by atoms with Crippen molar-refractivity contribution in [2.45, 2.75) is 0 Å². The second-order valence-electron chi connectivity index (χ2n) is 2.20. The van der Waals surface area contributed by atoms with E-state index in [9.17, 15) is 0 Å². The molecule has 4 nitrogen and oxygen atoms in total. The molecule has 0 spiro atoms. The first kappa shape index (κ1) is 7.81. The van der Waals surface area contributed by atoms with E-state index in [2.05, 4.69) is 15.5 Å². The summed E-state index contributed by atoms with van der Waals surface area (Å²) in [4.78, 5) is 0. The normalized spacial score (nSPS) is 11.0. The Morgan fingerprint density at radius 1 is 1.82 bits per heavy atom. The Bertz CT molecular complexity index is 238. The molecule has 4 heteroatoms. The molecule has 0 atom stereocenters. The molecule has 0 unspecified atom stereocenters. The number of nitrogens with zero attached hydrogens (tertiary/aromatic N) is 1. The molecule has 0 aromatic carbocycles. The van der Waals surface area contributed by atoms with Gasteiger partial charge in [-0.15, -0.1) is 0 Å². The second kappa shape index (κ2) is 3.78. The number of H-pyrrole nitrogens is 1. The Labute approximate surface area is 65.5 Å². The monoisotopic (exact) mass is 152 g/mol. The molecule has 0 saturated carbocycles. The zero-order chi connectivity index (χ0) is 8.10. The molecule has 1 aromatic heterocycles. The lowest BCUT2D eigenvalue weighted by molar-refractivity contribution is 0.922. The van der Waals surface area contributed by atoms with Gasteiger partial charge in [-0.1, -0.05) is 12.2 Å². The molecule has 0 bridgehead atoms. The van der Waals surface area contributed by atoms with Crippen molar-refractivity contribution < 1.29 is 0 Å². The van der Waals surface area contributed by atoms with Gasteiger partial charge in [0.25, 0.3) is 0 Å². The molecule has 0 aliphatic carbocycles. The van der Waals surface area contributed by atoms with Crippen LogP contribution in [-0.4, -0.2) is 23.8 Å². The molecule has 1 heterocycles. The van der Waals surface area contributed by atoms with Gasteiger partial charge < -0.3 is 11.1 Å². The molecule has 0 amide bonds. The van der Waals surface area contributed by atoms with Crippen LogP contribution in [0, 0.1) is 0 Å². The fourth-order valence-corrected chi connectivity index (χ4v) is 0.742. The fraction of sp³-hybridized carbons (Fsp3) is 0.286. The predicted octanol–water partition coefficient (Wildman–Crippen LogP) is 0.224. The number of anilines is 1. The molecule has 11 heavy (non-hydrogen) atoms.